The molecule has 1 aromatic carbocycles. The lowest BCUT2D eigenvalue weighted by atomic mass is 9.46. The zero-order chi connectivity index (χ0) is 18.9. The summed E-state index contributed by atoms with van der Waals surface area (Å²) < 4.78 is 0. The predicted octanol–water partition coefficient (Wildman–Crippen LogP) is 7.85. The molecule has 0 heterocycles. The van der Waals surface area contributed by atoms with Crippen LogP contribution in [-0.2, 0) is 6.42 Å². The minimum absolute atomic E-state index is 0.689. The van der Waals surface area contributed by atoms with Crippen LogP contribution >= 0.6 is 0 Å². The van der Waals surface area contributed by atoms with Crippen molar-refractivity contribution in [1.82, 2.24) is 0 Å². The lowest BCUT2D eigenvalue weighted by molar-refractivity contribution is -0.0712. The van der Waals surface area contributed by atoms with Gasteiger partial charge in [0.05, 0.1) is 0 Å². The second-order valence-electron chi connectivity index (χ2n) is 9.25. The molecule has 4 aliphatic carbocycles. The standard InChI is InChI=1S/C22H30.C2H6.C2H4/c1-15-4-6-17-16(14-15)5-7-19-18(17)8-12-21(2)20(19)9-13-22(21)10-3-11-22;2*1-2/h4,6,14,18-20H,3,5,7-13H2,1-2H3;1-2H3;1-2H2. The van der Waals surface area contributed by atoms with Gasteiger partial charge in [0.15, 0.2) is 0 Å². The van der Waals surface area contributed by atoms with Gasteiger partial charge in [0, 0.05) is 0 Å². The van der Waals surface area contributed by atoms with Crippen LogP contribution in [0.25, 0.3) is 0 Å². The number of benzene rings is 1. The minimum Gasteiger partial charge on any atom is -0.106 e. The van der Waals surface area contributed by atoms with Gasteiger partial charge in [-0.2, -0.15) is 0 Å². The van der Waals surface area contributed by atoms with Gasteiger partial charge in [-0.05, 0) is 98.0 Å². The summed E-state index contributed by atoms with van der Waals surface area (Å²) in [7, 11) is 0. The first-order valence-electron chi connectivity index (χ1n) is 11.2. The molecule has 4 aliphatic rings. The van der Waals surface area contributed by atoms with E-state index in [1.807, 2.05) is 13.8 Å². The van der Waals surface area contributed by atoms with E-state index >= 15 is 0 Å². The summed E-state index contributed by atoms with van der Waals surface area (Å²) in [5.41, 5.74) is 6.33. The number of hydrogen-bond acceptors (Lipinski definition) is 0. The van der Waals surface area contributed by atoms with Crippen LogP contribution in [0, 0.1) is 29.6 Å². The lowest BCUT2D eigenvalue weighted by Gasteiger charge is -2.58. The molecule has 1 aromatic rings. The fourth-order valence-corrected chi connectivity index (χ4v) is 7.36. The number of rotatable bonds is 0. The number of aryl methyl sites for hydroxylation is 2. The molecular weight excluding hydrogens is 312 g/mol. The third-order valence-electron chi connectivity index (χ3n) is 8.73. The zero-order valence-electron chi connectivity index (χ0n) is 17.7. The molecule has 26 heavy (non-hydrogen) atoms. The quantitative estimate of drug-likeness (QED) is 0.417. The van der Waals surface area contributed by atoms with Crippen molar-refractivity contribution in [3.63, 3.8) is 0 Å². The maximum atomic E-state index is 3.00. The Balaban J connectivity index is 0.000000461. The van der Waals surface area contributed by atoms with Crippen molar-refractivity contribution >= 4 is 0 Å². The molecule has 3 saturated carbocycles. The molecule has 0 nitrogen and oxygen atoms in total. The van der Waals surface area contributed by atoms with Gasteiger partial charge in [-0.1, -0.05) is 51.0 Å². The Labute approximate surface area is 162 Å². The van der Waals surface area contributed by atoms with Gasteiger partial charge in [-0.3, -0.25) is 0 Å². The van der Waals surface area contributed by atoms with Crippen LogP contribution in [0.2, 0.25) is 0 Å². The fraction of sp³-hybridized carbons (Fsp3) is 0.692. The summed E-state index contributed by atoms with van der Waals surface area (Å²) in [4.78, 5) is 0. The molecule has 4 atom stereocenters. The first kappa shape index (κ1) is 19.7. The Morgan fingerprint density at radius 2 is 1.69 bits per heavy atom. The van der Waals surface area contributed by atoms with Crippen molar-refractivity contribution in [2.45, 2.75) is 91.4 Å². The van der Waals surface area contributed by atoms with Crippen molar-refractivity contribution < 1.29 is 0 Å². The molecule has 0 bridgehead atoms. The van der Waals surface area contributed by atoms with E-state index in [2.05, 4.69) is 45.2 Å². The Hall–Kier alpha value is -1.04. The molecule has 0 aromatic heterocycles. The monoisotopic (exact) mass is 352 g/mol. The summed E-state index contributed by atoms with van der Waals surface area (Å²) in [6.07, 6.45) is 13.5. The average molecular weight is 353 g/mol. The molecule has 0 amide bonds. The van der Waals surface area contributed by atoms with Gasteiger partial charge < -0.3 is 0 Å². The third kappa shape index (κ3) is 2.71. The second-order valence-corrected chi connectivity index (χ2v) is 9.25. The van der Waals surface area contributed by atoms with Crippen molar-refractivity contribution in [3.05, 3.63) is 48.0 Å². The molecule has 0 aliphatic heterocycles. The van der Waals surface area contributed by atoms with Gasteiger partial charge >= 0.3 is 0 Å². The van der Waals surface area contributed by atoms with E-state index in [0.717, 1.165) is 23.2 Å². The second kappa shape index (κ2) is 7.53. The highest BCUT2D eigenvalue weighted by atomic mass is 14.7. The smallest absolute Gasteiger partial charge is 0.0128 e. The molecule has 0 saturated heterocycles. The van der Waals surface area contributed by atoms with Crippen LogP contribution in [0.3, 0.4) is 0 Å². The van der Waals surface area contributed by atoms with E-state index < -0.39 is 0 Å². The first-order chi connectivity index (χ1) is 12.6. The first-order valence-corrected chi connectivity index (χ1v) is 11.2. The highest BCUT2D eigenvalue weighted by Crippen LogP contribution is 2.72. The summed E-state index contributed by atoms with van der Waals surface area (Å²) in [5, 5.41) is 0. The van der Waals surface area contributed by atoms with Crippen LogP contribution in [0.1, 0.15) is 94.7 Å². The Bertz CT molecular complexity index is 623. The largest absolute Gasteiger partial charge is 0.106 e. The highest BCUT2D eigenvalue weighted by molar-refractivity contribution is 5.38. The van der Waals surface area contributed by atoms with Crippen molar-refractivity contribution in [2.75, 3.05) is 0 Å². The molecule has 3 fully saturated rings. The van der Waals surface area contributed by atoms with E-state index in [-0.39, 0.29) is 0 Å². The third-order valence-corrected chi connectivity index (χ3v) is 8.73. The molecule has 4 unspecified atom stereocenters. The van der Waals surface area contributed by atoms with E-state index in [0.29, 0.717) is 5.41 Å². The number of fused-ring (bicyclic) bond motifs is 6. The van der Waals surface area contributed by atoms with E-state index in [1.54, 1.807) is 36.8 Å². The van der Waals surface area contributed by atoms with Gasteiger partial charge in [0.25, 0.3) is 0 Å². The summed E-state index contributed by atoms with van der Waals surface area (Å²) >= 11 is 0. The normalized spacial score (nSPS) is 35.5. The Morgan fingerprint density at radius 1 is 0.962 bits per heavy atom. The maximum absolute atomic E-state index is 3.00. The van der Waals surface area contributed by atoms with Crippen molar-refractivity contribution in [1.29, 1.82) is 0 Å². The number of hydrogen-bond donors (Lipinski definition) is 0. The topological polar surface area (TPSA) is 0 Å². The van der Waals surface area contributed by atoms with Gasteiger partial charge in [-0.25, -0.2) is 0 Å². The fourth-order valence-electron chi connectivity index (χ4n) is 7.36. The minimum atomic E-state index is 0.689. The van der Waals surface area contributed by atoms with Crippen molar-refractivity contribution in [3.8, 4) is 0 Å². The van der Waals surface area contributed by atoms with Gasteiger partial charge in [-0.15, -0.1) is 13.2 Å². The van der Waals surface area contributed by atoms with Crippen LogP contribution in [0.5, 0.6) is 0 Å². The Morgan fingerprint density at radius 3 is 2.35 bits per heavy atom. The van der Waals surface area contributed by atoms with Crippen LogP contribution in [-0.4, -0.2) is 0 Å². The molecule has 0 radical (unpaired) electrons. The van der Waals surface area contributed by atoms with Gasteiger partial charge in [0.2, 0.25) is 0 Å². The molecule has 0 heteroatoms. The van der Waals surface area contributed by atoms with E-state index in [1.165, 1.54) is 37.7 Å². The summed E-state index contributed by atoms with van der Waals surface area (Å²) in [5.74, 6) is 2.91. The van der Waals surface area contributed by atoms with Crippen LogP contribution in [0.4, 0.5) is 0 Å². The van der Waals surface area contributed by atoms with E-state index in [4.69, 9.17) is 0 Å². The Kier molecular flexibility index (Phi) is 5.71. The highest BCUT2D eigenvalue weighted by Gasteiger charge is 2.63. The van der Waals surface area contributed by atoms with Crippen LogP contribution in [0.15, 0.2) is 31.4 Å². The maximum Gasteiger partial charge on any atom is -0.0128 e. The van der Waals surface area contributed by atoms with Gasteiger partial charge in [0.1, 0.15) is 0 Å². The molecule has 1 spiro atoms. The molecule has 0 N–H and O–H groups in total. The molecule has 144 valence electrons. The summed E-state index contributed by atoms with van der Waals surface area (Å²) in [6.45, 7) is 15.0. The van der Waals surface area contributed by atoms with Crippen molar-refractivity contribution in [2.24, 2.45) is 22.7 Å². The average Bonchev–Trinajstić information content (AvgIpc) is 2.98. The van der Waals surface area contributed by atoms with E-state index in [9.17, 15) is 0 Å². The zero-order valence-corrected chi connectivity index (χ0v) is 17.7. The molecule has 5 rings (SSSR count). The summed E-state index contributed by atoms with van der Waals surface area (Å²) in [6, 6.07) is 7.32. The SMILES string of the molecule is C=C.CC.Cc1ccc2c(c1)CCC1C2CCC2(C)C1CCC21CCC1. The molecular formula is C26H40. The lowest BCUT2D eigenvalue weighted by Crippen LogP contribution is -2.49. The predicted molar refractivity (Wildman–Crippen MR) is 115 cm³/mol. The van der Waals surface area contributed by atoms with Crippen LogP contribution < -0.4 is 0 Å².